The van der Waals surface area contributed by atoms with Crippen molar-refractivity contribution in [3.8, 4) is 0 Å². The van der Waals surface area contributed by atoms with Crippen LogP contribution < -0.4 is 5.32 Å². The van der Waals surface area contributed by atoms with Crippen LogP contribution in [0.5, 0.6) is 0 Å². The quantitative estimate of drug-likeness (QED) is 0.863. The predicted octanol–water partition coefficient (Wildman–Crippen LogP) is 3.80. The van der Waals surface area contributed by atoms with Gasteiger partial charge >= 0.3 is 0 Å². The minimum Gasteiger partial charge on any atom is -0.379 e. The molecule has 0 spiro atoms. The summed E-state index contributed by atoms with van der Waals surface area (Å²) in [5, 5.41) is 5.62. The Balaban J connectivity index is 2.33. The zero-order valence-corrected chi connectivity index (χ0v) is 12.7. The summed E-state index contributed by atoms with van der Waals surface area (Å²) < 4.78 is 6.59. The van der Waals surface area contributed by atoms with Crippen LogP contribution in [0.3, 0.4) is 0 Å². The van der Waals surface area contributed by atoms with E-state index >= 15 is 0 Å². The van der Waals surface area contributed by atoms with Crippen molar-refractivity contribution in [3.63, 3.8) is 0 Å². The molecule has 1 heterocycles. The molecule has 0 aliphatic heterocycles. The predicted molar refractivity (Wildman–Crippen MR) is 74.0 cm³/mol. The van der Waals surface area contributed by atoms with Crippen molar-refractivity contribution in [2.45, 2.75) is 45.4 Å². The largest absolute Gasteiger partial charge is 0.379 e. The second-order valence-corrected chi connectivity index (χ2v) is 6.59. The Morgan fingerprint density at radius 3 is 2.75 bits per heavy atom. The fourth-order valence-electron chi connectivity index (χ4n) is 1.61. The molecule has 92 valence electrons. The molecule has 2 nitrogen and oxygen atoms in total. The van der Waals surface area contributed by atoms with Gasteiger partial charge < -0.3 is 10.1 Å². The van der Waals surface area contributed by atoms with E-state index in [1.165, 1.54) is 9.35 Å². The molecule has 0 radical (unpaired) electrons. The van der Waals surface area contributed by atoms with Crippen molar-refractivity contribution in [1.82, 2.24) is 5.32 Å². The third kappa shape index (κ3) is 4.95. The molecule has 0 aliphatic carbocycles. The minimum absolute atomic E-state index is 0.0531. The molecule has 0 fully saturated rings. The first-order valence-electron chi connectivity index (χ1n) is 5.44. The van der Waals surface area contributed by atoms with Crippen LogP contribution in [0.15, 0.2) is 15.9 Å². The first kappa shape index (κ1) is 14.2. The summed E-state index contributed by atoms with van der Waals surface area (Å²) in [5.41, 5.74) is -0.0531. The highest BCUT2D eigenvalue weighted by Crippen LogP contribution is 2.20. The van der Waals surface area contributed by atoms with Gasteiger partial charge in [0.1, 0.15) is 0 Å². The number of thiophene rings is 1. The van der Waals surface area contributed by atoms with E-state index in [1.54, 1.807) is 18.4 Å². The Morgan fingerprint density at radius 2 is 2.25 bits per heavy atom. The van der Waals surface area contributed by atoms with Gasteiger partial charge in [0.25, 0.3) is 0 Å². The van der Waals surface area contributed by atoms with E-state index in [-0.39, 0.29) is 5.60 Å². The summed E-state index contributed by atoms with van der Waals surface area (Å²) in [6.45, 7) is 7.36. The first-order valence-corrected chi connectivity index (χ1v) is 7.11. The van der Waals surface area contributed by atoms with Crippen LogP contribution in [-0.4, -0.2) is 18.8 Å². The van der Waals surface area contributed by atoms with Crippen LogP contribution in [0, 0.1) is 0 Å². The van der Waals surface area contributed by atoms with Crippen LogP contribution in [0.4, 0.5) is 0 Å². The van der Waals surface area contributed by atoms with Crippen LogP contribution in [-0.2, 0) is 11.3 Å². The maximum atomic E-state index is 5.42. The maximum absolute atomic E-state index is 5.42. The van der Waals surface area contributed by atoms with E-state index in [1.807, 2.05) is 0 Å². The molecule has 0 aromatic carbocycles. The van der Waals surface area contributed by atoms with Gasteiger partial charge in [-0.1, -0.05) is 0 Å². The topological polar surface area (TPSA) is 21.3 Å². The van der Waals surface area contributed by atoms with Gasteiger partial charge in [-0.05, 0) is 49.2 Å². The SMILES string of the molecule is COC(C)(C)CC(C)NCc1cc(Br)cs1. The molecule has 0 aliphatic rings. The number of rotatable bonds is 6. The highest BCUT2D eigenvalue weighted by Gasteiger charge is 2.19. The Kier molecular flexibility index (Phi) is 5.44. The van der Waals surface area contributed by atoms with Crippen molar-refractivity contribution in [3.05, 3.63) is 20.8 Å². The number of ether oxygens (including phenoxy) is 1. The average Bonchev–Trinajstić information content (AvgIpc) is 2.61. The lowest BCUT2D eigenvalue weighted by Gasteiger charge is -2.27. The number of methoxy groups -OCH3 is 1. The molecule has 1 aromatic heterocycles. The molecule has 4 heteroatoms. The molecule has 1 N–H and O–H groups in total. The lowest BCUT2D eigenvalue weighted by atomic mass is 10.00. The third-order valence-electron chi connectivity index (χ3n) is 2.60. The van der Waals surface area contributed by atoms with Gasteiger partial charge in [-0.2, -0.15) is 0 Å². The molecule has 1 rings (SSSR count). The molecular weight excluding hydrogens is 286 g/mol. The highest BCUT2D eigenvalue weighted by atomic mass is 79.9. The highest BCUT2D eigenvalue weighted by molar-refractivity contribution is 9.10. The summed E-state index contributed by atoms with van der Waals surface area (Å²) in [6.07, 6.45) is 1.01. The molecule has 16 heavy (non-hydrogen) atoms. The molecule has 0 bridgehead atoms. The monoisotopic (exact) mass is 305 g/mol. The molecule has 0 amide bonds. The van der Waals surface area contributed by atoms with Gasteiger partial charge in [0.15, 0.2) is 0 Å². The smallest absolute Gasteiger partial charge is 0.0637 e. The van der Waals surface area contributed by atoms with Crippen LogP contribution in [0.25, 0.3) is 0 Å². The number of hydrogen-bond acceptors (Lipinski definition) is 3. The zero-order valence-electron chi connectivity index (χ0n) is 10.3. The Bertz CT molecular complexity index is 325. The summed E-state index contributed by atoms with van der Waals surface area (Å²) in [6, 6.07) is 2.61. The third-order valence-corrected chi connectivity index (χ3v) is 4.29. The summed E-state index contributed by atoms with van der Waals surface area (Å²) in [4.78, 5) is 1.36. The van der Waals surface area contributed by atoms with Crippen molar-refractivity contribution < 1.29 is 4.74 Å². The minimum atomic E-state index is -0.0531. The molecule has 0 saturated carbocycles. The molecular formula is C12H20BrNOS. The standard InChI is InChI=1S/C12H20BrNOS/c1-9(6-12(2,3)15-4)14-7-11-5-10(13)8-16-11/h5,8-9,14H,6-7H2,1-4H3. The lowest BCUT2D eigenvalue weighted by Crippen LogP contribution is -2.35. The average molecular weight is 306 g/mol. The molecule has 0 saturated heterocycles. The Hall–Kier alpha value is 0.1000. The van der Waals surface area contributed by atoms with Gasteiger partial charge in [0.05, 0.1) is 5.60 Å². The zero-order chi connectivity index (χ0) is 12.2. The molecule has 1 atom stereocenters. The number of hydrogen-bond donors (Lipinski definition) is 1. The number of halogens is 1. The van der Waals surface area contributed by atoms with Crippen molar-refractivity contribution >= 4 is 27.3 Å². The van der Waals surface area contributed by atoms with Crippen LogP contribution in [0.1, 0.15) is 32.1 Å². The second-order valence-electron chi connectivity index (χ2n) is 4.68. The summed E-state index contributed by atoms with van der Waals surface area (Å²) >= 11 is 5.24. The van der Waals surface area contributed by atoms with E-state index in [0.29, 0.717) is 6.04 Å². The van der Waals surface area contributed by atoms with Crippen LogP contribution in [0.2, 0.25) is 0 Å². The number of nitrogens with one attached hydrogen (secondary N) is 1. The van der Waals surface area contributed by atoms with Crippen molar-refractivity contribution in [2.75, 3.05) is 7.11 Å². The fourth-order valence-corrected chi connectivity index (χ4v) is 3.02. The Labute approximate surface area is 111 Å². The van der Waals surface area contributed by atoms with Gasteiger partial charge in [0, 0.05) is 34.4 Å². The van der Waals surface area contributed by atoms with Gasteiger partial charge in [-0.25, -0.2) is 0 Å². The van der Waals surface area contributed by atoms with Gasteiger partial charge in [0.2, 0.25) is 0 Å². The maximum Gasteiger partial charge on any atom is 0.0637 e. The van der Waals surface area contributed by atoms with E-state index < -0.39 is 0 Å². The molecule has 1 aromatic rings. The van der Waals surface area contributed by atoms with E-state index in [4.69, 9.17) is 4.74 Å². The normalized spacial score (nSPS) is 14.1. The molecule has 1 unspecified atom stereocenters. The lowest BCUT2D eigenvalue weighted by molar-refractivity contribution is 0.00847. The van der Waals surface area contributed by atoms with Crippen molar-refractivity contribution in [1.29, 1.82) is 0 Å². The summed E-state index contributed by atoms with van der Waals surface area (Å²) in [7, 11) is 1.77. The van der Waals surface area contributed by atoms with E-state index in [9.17, 15) is 0 Å². The van der Waals surface area contributed by atoms with Gasteiger partial charge in [-0.15, -0.1) is 11.3 Å². The Morgan fingerprint density at radius 1 is 1.56 bits per heavy atom. The van der Waals surface area contributed by atoms with E-state index in [2.05, 4.69) is 53.5 Å². The summed E-state index contributed by atoms with van der Waals surface area (Å²) in [5.74, 6) is 0. The fraction of sp³-hybridized carbons (Fsp3) is 0.667. The van der Waals surface area contributed by atoms with Crippen molar-refractivity contribution in [2.24, 2.45) is 0 Å². The second kappa shape index (κ2) is 6.15. The first-order chi connectivity index (χ1) is 7.43. The van der Waals surface area contributed by atoms with Gasteiger partial charge in [-0.3, -0.25) is 0 Å². The van der Waals surface area contributed by atoms with E-state index in [0.717, 1.165) is 13.0 Å². The van der Waals surface area contributed by atoms with Crippen LogP contribution >= 0.6 is 27.3 Å².